The molecule has 0 spiro atoms. The highest BCUT2D eigenvalue weighted by atomic mass is 19.1. The molecule has 1 aliphatic rings. The Morgan fingerprint density at radius 1 is 1.26 bits per heavy atom. The molecule has 0 N–H and O–H groups in total. The fraction of sp³-hybridized carbons (Fsp3) is 0.409. The molecule has 1 atom stereocenters. The number of halogens is 1. The van der Waals surface area contributed by atoms with Crippen molar-refractivity contribution >= 4 is 5.91 Å². The van der Waals surface area contributed by atoms with E-state index < -0.39 is 0 Å². The molecule has 5 heteroatoms. The van der Waals surface area contributed by atoms with Gasteiger partial charge in [-0.05, 0) is 61.6 Å². The molecule has 2 aromatic rings. The van der Waals surface area contributed by atoms with E-state index in [1.54, 1.807) is 30.2 Å². The number of benzene rings is 2. The highest BCUT2D eigenvalue weighted by molar-refractivity contribution is 5.94. The molecule has 27 heavy (non-hydrogen) atoms. The molecule has 1 saturated heterocycles. The third-order valence-electron chi connectivity index (χ3n) is 4.99. The number of rotatable bonds is 7. The predicted octanol–water partition coefficient (Wildman–Crippen LogP) is 4.53. The van der Waals surface area contributed by atoms with Gasteiger partial charge in [0.05, 0.1) is 13.2 Å². The first-order chi connectivity index (χ1) is 13.1. The van der Waals surface area contributed by atoms with E-state index in [2.05, 4.69) is 0 Å². The summed E-state index contributed by atoms with van der Waals surface area (Å²) < 4.78 is 24.5. The van der Waals surface area contributed by atoms with Crippen molar-refractivity contribution in [3.05, 3.63) is 53.8 Å². The van der Waals surface area contributed by atoms with Crippen molar-refractivity contribution in [3.63, 3.8) is 0 Å². The Bertz CT molecular complexity index is 770. The van der Waals surface area contributed by atoms with Crippen LogP contribution in [0.3, 0.4) is 0 Å². The van der Waals surface area contributed by atoms with E-state index in [0.717, 1.165) is 37.9 Å². The van der Waals surface area contributed by atoms with E-state index in [9.17, 15) is 9.18 Å². The minimum absolute atomic E-state index is 0.0138. The second-order valence-corrected chi connectivity index (χ2v) is 6.93. The molecule has 4 nitrogen and oxygen atoms in total. The van der Waals surface area contributed by atoms with E-state index in [-0.39, 0.29) is 11.7 Å². The summed E-state index contributed by atoms with van der Waals surface area (Å²) in [6, 6.07) is 11.6. The number of amides is 1. The quantitative estimate of drug-likeness (QED) is 0.718. The first-order valence-electron chi connectivity index (χ1n) is 9.39. The van der Waals surface area contributed by atoms with Crippen molar-refractivity contribution in [2.75, 3.05) is 27.3 Å². The van der Waals surface area contributed by atoms with Crippen molar-refractivity contribution in [2.45, 2.75) is 31.8 Å². The largest absolute Gasteiger partial charge is 0.496 e. The Balaban J connectivity index is 1.62. The van der Waals surface area contributed by atoms with Gasteiger partial charge in [0.25, 0.3) is 5.91 Å². The third-order valence-corrected chi connectivity index (χ3v) is 4.99. The lowest BCUT2D eigenvalue weighted by Gasteiger charge is -2.18. The first-order valence-corrected chi connectivity index (χ1v) is 9.39. The zero-order chi connectivity index (χ0) is 19.2. The number of carbonyl (C=O) groups is 1. The van der Waals surface area contributed by atoms with Gasteiger partial charge < -0.3 is 14.4 Å². The monoisotopic (exact) mass is 371 g/mol. The standard InChI is InChI=1S/C22H26FNO3/c1-24(13-3-5-19-6-4-14-27-19)22(25)17-9-7-16(8-10-17)20-15-18(23)11-12-21(20)26-2/h7-12,15,19H,3-6,13-14H2,1-2H3/t19-/m1/s1. The SMILES string of the molecule is COc1ccc(F)cc1-c1ccc(C(=O)N(C)CCC[C@@H]2CCCO2)cc1. The molecule has 0 bridgehead atoms. The van der Waals surface area contributed by atoms with E-state index in [4.69, 9.17) is 9.47 Å². The minimum atomic E-state index is -0.322. The van der Waals surface area contributed by atoms with Crippen molar-refractivity contribution in [3.8, 4) is 16.9 Å². The summed E-state index contributed by atoms with van der Waals surface area (Å²) in [7, 11) is 3.38. The van der Waals surface area contributed by atoms with E-state index in [1.807, 2.05) is 19.2 Å². The van der Waals surface area contributed by atoms with E-state index in [0.29, 0.717) is 29.5 Å². The third kappa shape index (κ3) is 4.86. The van der Waals surface area contributed by atoms with Crippen molar-refractivity contribution in [1.29, 1.82) is 0 Å². The number of carbonyl (C=O) groups excluding carboxylic acids is 1. The van der Waals surface area contributed by atoms with Gasteiger partial charge >= 0.3 is 0 Å². The molecule has 1 heterocycles. The molecule has 1 fully saturated rings. The lowest BCUT2D eigenvalue weighted by atomic mass is 10.0. The number of ether oxygens (including phenoxy) is 2. The van der Waals surface area contributed by atoms with Crippen LogP contribution in [-0.2, 0) is 4.74 Å². The number of hydrogen-bond donors (Lipinski definition) is 0. The molecule has 1 aliphatic heterocycles. The summed E-state index contributed by atoms with van der Waals surface area (Å²) >= 11 is 0. The predicted molar refractivity (Wildman–Crippen MR) is 104 cm³/mol. The highest BCUT2D eigenvalue weighted by Gasteiger charge is 2.17. The van der Waals surface area contributed by atoms with Crippen molar-refractivity contribution in [1.82, 2.24) is 4.90 Å². The second-order valence-electron chi connectivity index (χ2n) is 6.93. The number of nitrogens with zero attached hydrogens (tertiary/aromatic N) is 1. The maximum absolute atomic E-state index is 13.6. The Morgan fingerprint density at radius 3 is 2.70 bits per heavy atom. The average Bonchev–Trinajstić information content (AvgIpc) is 3.21. The maximum Gasteiger partial charge on any atom is 0.253 e. The Kier molecular flexibility index (Phi) is 6.45. The summed E-state index contributed by atoms with van der Waals surface area (Å²) in [6.45, 7) is 1.57. The van der Waals surface area contributed by atoms with Gasteiger partial charge in [0.15, 0.2) is 0 Å². The maximum atomic E-state index is 13.6. The average molecular weight is 371 g/mol. The zero-order valence-corrected chi connectivity index (χ0v) is 15.9. The Labute approximate surface area is 159 Å². The molecular formula is C22H26FNO3. The molecular weight excluding hydrogens is 345 g/mol. The molecule has 3 rings (SSSR count). The number of methoxy groups -OCH3 is 1. The van der Waals surface area contributed by atoms with Crippen LogP contribution in [0.4, 0.5) is 4.39 Å². The topological polar surface area (TPSA) is 38.8 Å². The fourth-order valence-electron chi connectivity index (χ4n) is 3.45. The summed E-state index contributed by atoms with van der Waals surface area (Å²) in [5, 5.41) is 0. The van der Waals surface area contributed by atoms with Crippen molar-refractivity contribution in [2.24, 2.45) is 0 Å². The summed E-state index contributed by atoms with van der Waals surface area (Å²) in [5.74, 6) is 0.263. The molecule has 144 valence electrons. The van der Waals surface area contributed by atoms with Crippen LogP contribution in [-0.4, -0.2) is 44.2 Å². The van der Waals surface area contributed by atoms with Crippen LogP contribution in [0.5, 0.6) is 5.75 Å². The van der Waals surface area contributed by atoms with Crippen LogP contribution < -0.4 is 4.74 Å². The van der Waals surface area contributed by atoms with Gasteiger partial charge in [-0.1, -0.05) is 12.1 Å². The van der Waals surface area contributed by atoms with Gasteiger partial charge in [-0.2, -0.15) is 0 Å². The fourth-order valence-corrected chi connectivity index (χ4v) is 3.45. The van der Waals surface area contributed by atoms with Crippen LogP contribution in [0.15, 0.2) is 42.5 Å². The van der Waals surface area contributed by atoms with Gasteiger partial charge in [0.2, 0.25) is 0 Å². The summed E-state index contributed by atoms with van der Waals surface area (Å²) in [6.07, 6.45) is 4.56. The highest BCUT2D eigenvalue weighted by Crippen LogP contribution is 2.30. The zero-order valence-electron chi connectivity index (χ0n) is 15.9. The lowest BCUT2D eigenvalue weighted by molar-refractivity contribution is 0.0763. The summed E-state index contributed by atoms with van der Waals surface area (Å²) in [5.41, 5.74) is 2.10. The van der Waals surface area contributed by atoms with Crippen LogP contribution in [0.1, 0.15) is 36.0 Å². The molecule has 0 aromatic heterocycles. The van der Waals surface area contributed by atoms with Crippen LogP contribution in [0.25, 0.3) is 11.1 Å². The smallest absolute Gasteiger partial charge is 0.253 e. The van der Waals surface area contributed by atoms with Gasteiger partial charge in [-0.15, -0.1) is 0 Å². The lowest BCUT2D eigenvalue weighted by Crippen LogP contribution is -2.28. The molecule has 0 aliphatic carbocycles. The van der Waals surface area contributed by atoms with E-state index >= 15 is 0 Å². The minimum Gasteiger partial charge on any atom is -0.496 e. The van der Waals surface area contributed by atoms with Crippen LogP contribution in [0.2, 0.25) is 0 Å². The van der Waals surface area contributed by atoms with Crippen molar-refractivity contribution < 1.29 is 18.7 Å². The normalized spacial score (nSPS) is 16.3. The van der Waals surface area contributed by atoms with Crippen LogP contribution >= 0.6 is 0 Å². The molecule has 1 amide bonds. The van der Waals surface area contributed by atoms with Gasteiger partial charge in [-0.25, -0.2) is 4.39 Å². The van der Waals surface area contributed by atoms with Gasteiger partial charge in [0.1, 0.15) is 11.6 Å². The molecule has 0 saturated carbocycles. The second kappa shape index (κ2) is 9.00. The molecule has 2 aromatic carbocycles. The first kappa shape index (κ1) is 19.4. The van der Waals surface area contributed by atoms with E-state index in [1.165, 1.54) is 12.1 Å². The number of hydrogen-bond acceptors (Lipinski definition) is 3. The van der Waals surface area contributed by atoms with Crippen LogP contribution in [0, 0.1) is 5.82 Å². The molecule has 0 unspecified atom stereocenters. The Morgan fingerprint density at radius 2 is 2.04 bits per heavy atom. The van der Waals surface area contributed by atoms with Gasteiger partial charge in [0, 0.05) is 31.3 Å². The Hall–Kier alpha value is -2.40. The van der Waals surface area contributed by atoms with Gasteiger partial charge in [-0.3, -0.25) is 4.79 Å². The molecule has 0 radical (unpaired) electrons. The summed E-state index contributed by atoms with van der Waals surface area (Å²) in [4.78, 5) is 14.3.